The third-order valence-corrected chi connectivity index (χ3v) is 6.27. The van der Waals surface area contributed by atoms with Crippen molar-refractivity contribution in [3.63, 3.8) is 0 Å². The Labute approximate surface area is 182 Å². The van der Waals surface area contributed by atoms with E-state index in [1.165, 1.54) is 36.4 Å². The fourth-order valence-electron chi connectivity index (χ4n) is 4.45. The van der Waals surface area contributed by atoms with Gasteiger partial charge in [0.25, 0.3) is 11.6 Å². The molecular formula is C22H23F3N4O3. The first-order valence-corrected chi connectivity index (χ1v) is 10.4. The van der Waals surface area contributed by atoms with Crippen LogP contribution in [0.3, 0.4) is 0 Å². The zero-order valence-corrected chi connectivity index (χ0v) is 17.1. The highest BCUT2D eigenvalue weighted by atomic mass is 19.4. The predicted molar refractivity (Wildman–Crippen MR) is 111 cm³/mol. The minimum absolute atomic E-state index is 0.0598. The summed E-state index contributed by atoms with van der Waals surface area (Å²) in [6.07, 6.45) is -2.16. The number of hydrogen-bond donors (Lipinski definition) is 2. The average molecular weight is 448 g/mol. The van der Waals surface area contributed by atoms with Gasteiger partial charge in [-0.25, -0.2) is 0 Å². The van der Waals surface area contributed by atoms with Crippen LogP contribution in [0.25, 0.3) is 0 Å². The Morgan fingerprint density at radius 3 is 2.38 bits per heavy atom. The molecule has 2 aromatic rings. The number of halogens is 3. The maximum atomic E-state index is 13.0. The molecule has 0 radical (unpaired) electrons. The number of alkyl halides is 3. The lowest BCUT2D eigenvalue weighted by molar-refractivity contribution is -0.384. The Hall–Kier alpha value is -2.98. The number of nitro groups is 1. The SMILES string of the molecule is O=C(c1ccc([N+](=O)[O-])cc1)N1CCC(C2CC(c3cccc(C(F)(F)F)c3)NN2)CC1. The number of hydrazine groups is 1. The van der Waals surface area contributed by atoms with E-state index in [1.807, 2.05) is 0 Å². The Balaban J connectivity index is 1.32. The van der Waals surface area contributed by atoms with Gasteiger partial charge in [-0.3, -0.25) is 25.8 Å². The van der Waals surface area contributed by atoms with Crippen LogP contribution in [0.15, 0.2) is 48.5 Å². The second-order valence-electron chi connectivity index (χ2n) is 8.24. The highest BCUT2D eigenvalue weighted by Crippen LogP contribution is 2.34. The molecule has 32 heavy (non-hydrogen) atoms. The van der Waals surface area contributed by atoms with Gasteiger partial charge in [-0.2, -0.15) is 13.2 Å². The molecule has 2 heterocycles. The zero-order valence-electron chi connectivity index (χ0n) is 17.1. The molecular weight excluding hydrogens is 425 g/mol. The molecule has 2 N–H and O–H groups in total. The number of nitro benzene ring substituents is 1. The van der Waals surface area contributed by atoms with Gasteiger partial charge in [0.2, 0.25) is 0 Å². The van der Waals surface area contributed by atoms with Crippen LogP contribution in [-0.4, -0.2) is 34.9 Å². The molecule has 2 aliphatic rings. The Bertz CT molecular complexity index is 989. The first-order valence-electron chi connectivity index (χ1n) is 10.4. The number of non-ortho nitro benzene ring substituents is 1. The number of amides is 1. The summed E-state index contributed by atoms with van der Waals surface area (Å²) in [7, 11) is 0. The molecule has 2 aromatic carbocycles. The van der Waals surface area contributed by atoms with E-state index in [4.69, 9.17) is 0 Å². The van der Waals surface area contributed by atoms with Crippen molar-refractivity contribution in [2.75, 3.05) is 13.1 Å². The quantitative estimate of drug-likeness (QED) is 0.544. The summed E-state index contributed by atoms with van der Waals surface area (Å²) >= 11 is 0. The number of nitrogens with one attached hydrogen (secondary N) is 2. The molecule has 0 aromatic heterocycles. The molecule has 2 aliphatic heterocycles. The minimum Gasteiger partial charge on any atom is -0.339 e. The van der Waals surface area contributed by atoms with E-state index in [1.54, 1.807) is 11.0 Å². The largest absolute Gasteiger partial charge is 0.416 e. The number of carbonyl (C=O) groups excluding carboxylic acids is 1. The number of benzene rings is 2. The van der Waals surface area contributed by atoms with Crippen molar-refractivity contribution in [2.45, 2.75) is 37.5 Å². The molecule has 2 unspecified atom stereocenters. The average Bonchev–Trinajstić information content (AvgIpc) is 3.29. The summed E-state index contributed by atoms with van der Waals surface area (Å²) in [5, 5.41) is 10.8. The van der Waals surface area contributed by atoms with Crippen molar-refractivity contribution in [3.8, 4) is 0 Å². The van der Waals surface area contributed by atoms with Crippen LogP contribution in [0.5, 0.6) is 0 Å². The third-order valence-electron chi connectivity index (χ3n) is 6.27. The van der Waals surface area contributed by atoms with Gasteiger partial charge < -0.3 is 4.90 Å². The van der Waals surface area contributed by atoms with Crippen molar-refractivity contribution in [1.29, 1.82) is 0 Å². The lowest BCUT2D eigenvalue weighted by Gasteiger charge is -2.34. The molecule has 2 fully saturated rings. The smallest absolute Gasteiger partial charge is 0.339 e. The monoisotopic (exact) mass is 448 g/mol. The number of likely N-dealkylation sites (tertiary alicyclic amines) is 1. The van der Waals surface area contributed by atoms with Crippen molar-refractivity contribution < 1.29 is 22.9 Å². The summed E-state index contributed by atoms with van der Waals surface area (Å²) < 4.78 is 39.0. The molecule has 2 saturated heterocycles. The van der Waals surface area contributed by atoms with Gasteiger partial charge in [0.05, 0.1) is 10.5 Å². The maximum Gasteiger partial charge on any atom is 0.416 e. The number of rotatable bonds is 4. The van der Waals surface area contributed by atoms with Gasteiger partial charge in [0.1, 0.15) is 0 Å². The molecule has 1 amide bonds. The molecule has 0 saturated carbocycles. The number of nitrogens with zero attached hydrogens (tertiary/aromatic N) is 2. The van der Waals surface area contributed by atoms with Crippen molar-refractivity contribution >= 4 is 11.6 Å². The zero-order chi connectivity index (χ0) is 22.9. The van der Waals surface area contributed by atoms with E-state index in [0.717, 1.165) is 18.9 Å². The standard InChI is InChI=1S/C22H23F3N4O3/c23-22(24,25)17-3-1-2-16(12-17)20-13-19(26-27-20)14-8-10-28(11-9-14)21(30)15-4-6-18(7-5-15)29(31)32/h1-7,12,14,19-20,26-27H,8-11,13H2. The van der Waals surface area contributed by atoms with E-state index in [0.29, 0.717) is 36.6 Å². The van der Waals surface area contributed by atoms with Crippen LogP contribution in [0.1, 0.15) is 46.8 Å². The van der Waals surface area contributed by atoms with Crippen molar-refractivity contribution in [1.82, 2.24) is 15.8 Å². The number of piperidine rings is 1. The first-order chi connectivity index (χ1) is 15.2. The molecule has 0 spiro atoms. The third kappa shape index (κ3) is 4.76. The van der Waals surface area contributed by atoms with Gasteiger partial charge in [0, 0.05) is 42.9 Å². The van der Waals surface area contributed by atoms with E-state index < -0.39 is 16.7 Å². The van der Waals surface area contributed by atoms with Gasteiger partial charge in [0.15, 0.2) is 0 Å². The van der Waals surface area contributed by atoms with Crippen LogP contribution in [-0.2, 0) is 6.18 Å². The van der Waals surface area contributed by atoms with Crippen LogP contribution in [0.4, 0.5) is 18.9 Å². The van der Waals surface area contributed by atoms with Crippen molar-refractivity contribution in [3.05, 3.63) is 75.3 Å². The van der Waals surface area contributed by atoms with Crippen LogP contribution < -0.4 is 10.9 Å². The lowest BCUT2D eigenvalue weighted by Crippen LogP contribution is -2.44. The van der Waals surface area contributed by atoms with E-state index in [9.17, 15) is 28.1 Å². The number of carbonyl (C=O) groups is 1. The molecule has 0 aliphatic carbocycles. The lowest BCUT2D eigenvalue weighted by atomic mass is 9.86. The Kier molecular flexibility index (Phi) is 6.16. The van der Waals surface area contributed by atoms with Gasteiger partial charge in [-0.05, 0) is 55.0 Å². The first kappa shape index (κ1) is 22.2. The Morgan fingerprint density at radius 2 is 1.75 bits per heavy atom. The summed E-state index contributed by atoms with van der Waals surface area (Å²) in [5.41, 5.74) is 6.65. The van der Waals surface area contributed by atoms with Gasteiger partial charge in [-0.15, -0.1) is 0 Å². The highest BCUT2D eigenvalue weighted by molar-refractivity contribution is 5.94. The molecule has 170 valence electrons. The number of hydrogen-bond acceptors (Lipinski definition) is 5. The second-order valence-corrected chi connectivity index (χ2v) is 8.24. The summed E-state index contributed by atoms with van der Waals surface area (Å²) in [6, 6.07) is 10.9. The molecule has 7 nitrogen and oxygen atoms in total. The molecule has 0 bridgehead atoms. The van der Waals surface area contributed by atoms with E-state index in [-0.39, 0.29) is 23.7 Å². The normalized spacial score (nSPS) is 22.2. The topological polar surface area (TPSA) is 87.5 Å². The summed E-state index contributed by atoms with van der Waals surface area (Å²) in [4.78, 5) is 24.7. The van der Waals surface area contributed by atoms with Crippen LogP contribution in [0.2, 0.25) is 0 Å². The van der Waals surface area contributed by atoms with Crippen LogP contribution >= 0.6 is 0 Å². The van der Waals surface area contributed by atoms with Gasteiger partial charge in [-0.1, -0.05) is 12.1 Å². The second kappa shape index (κ2) is 8.87. The fourth-order valence-corrected chi connectivity index (χ4v) is 4.45. The Morgan fingerprint density at radius 1 is 1.06 bits per heavy atom. The molecule has 10 heteroatoms. The molecule has 4 rings (SSSR count). The van der Waals surface area contributed by atoms with Crippen molar-refractivity contribution in [2.24, 2.45) is 5.92 Å². The van der Waals surface area contributed by atoms with Crippen LogP contribution in [0, 0.1) is 16.0 Å². The van der Waals surface area contributed by atoms with E-state index >= 15 is 0 Å². The highest BCUT2D eigenvalue weighted by Gasteiger charge is 2.36. The maximum absolute atomic E-state index is 13.0. The molecule has 2 atom stereocenters. The fraction of sp³-hybridized carbons (Fsp3) is 0.409. The predicted octanol–water partition coefficient (Wildman–Crippen LogP) is 4.07. The summed E-state index contributed by atoms with van der Waals surface area (Å²) in [6.45, 7) is 1.12. The minimum atomic E-state index is -4.37. The summed E-state index contributed by atoms with van der Waals surface area (Å²) in [5.74, 6) is 0.136. The van der Waals surface area contributed by atoms with E-state index in [2.05, 4.69) is 10.9 Å². The van der Waals surface area contributed by atoms with Gasteiger partial charge >= 0.3 is 6.18 Å².